The Kier molecular flexibility index (Phi) is 5.11. The Morgan fingerprint density at radius 1 is 1.35 bits per heavy atom. The van der Waals surface area contributed by atoms with Gasteiger partial charge >= 0.3 is 5.00 Å². The average Bonchev–Trinajstić information content (AvgIpc) is 2.88. The fourth-order valence-corrected chi connectivity index (χ4v) is 2.88. The molecular formula is C14H15ClN2O2S. The molecule has 1 heterocycles. The van der Waals surface area contributed by atoms with E-state index in [4.69, 9.17) is 11.6 Å². The van der Waals surface area contributed by atoms with Crippen LogP contribution in [0.2, 0.25) is 5.02 Å². The second-order valence-corrected chi connectivity index (χ2v) is 6.13. The van der Waals surface area contributed by atoms with Crippen LogP contribution in [0, 0.1) is 10.1 Å². The minimum absolute atomic E-state index is 0.181. The van der Waals surface area contributed by atoms with Gasteiger partial charge in [-0.1, -0.05) is 41.1 Å². The summed E-state index contributed by atoms with van der Waals surface area (Å²) in [6, 6.07) is 11.3. The highest BCUT2D eigenvalue weighted by Crippen LogP contribution is 2.24. The summed E-state index contributed by atoms with van der Waals surface area (Å²) in [7, 11) is 0. The van der Waals surface area contributed by atoms with Gasteiger partial charge in [0.05, 0.1) is 4.92 Å². The molecule has 1 unspecified atom stereocenters. The molecule has 1 atom stereocenters. The molecule has 0 aliphatic carbocycles. The Morgan fingerprint density at radius 3 is 2.75 bits per heavy atom. The molecule has 6 heteroatoms. The highest BCUT2D eigenvalue weighted by Gasteiger charge is 2.11. The lowest BCUT2D eigenvalue weighted by Gasteiger charge is -2.14. The third-order valence-corrected chi connectivity index (χ3v) is 4.34. The van der Waals surface area contributed by atoms with Gasteiger partial charge in [-0.2, -0.15) is 0 Å². The van der Waals surface area contributed by atoms with Gasteiger partial charge in [0.1, 0.15) is 0 Å². The van der Waals surface area contributed by atoms with E-state index in [9.17, 15) is 10.1 Å². The lowest BCUT2D eigenvalue weighted by Crippen LogP contribution is -2.27. The summed E-state index contributed by atoms with van der Waals surface area (Å²) in [5.74, 6) is 0. The quantitative estimate of drug-likeness (QED) is 0.647. The van der Waals surface area contributed by atoms with E-state index in [1.54, 1.807) is 12.1 Å². The Bertz CT molecular complexity index is 600. The van der Waals surface area contributed by atoms with Crippen molar-refractivity contribution in [3.63, 3.8) is 0 Å². The van der Waals surface area contributed by atoms with Crippen LogP contribution in [0.1, 0.15) is 17.4 Å². The summed E-state index contributed by atoms with van der Waals surface area (Å²) in [6.45, 7) is 2.70. The zero-order valence-electron chi connectivity index (χ0n) is 11.0. The summed E-state index contributed by atoms with van der Waals surface area (Å²) < 4.78 is 0. The Balaban J connectivity index is 1.87. The number of hydrogen-bond acceptors (Lipinski definition) is 4. The first kappa shape index (κ1) is 15.0. The SMILES string of the molecule is CC(Cc1ccccc1Cl)NCc1ccc([N+](=O)[O-])s1. The van der Waals surface area contributed by atoms with Crippen LogP contribution in [0.5, 0.6) is 0 Å². The maximum Gasteiger partial charge on any atom is 0.324 e. The molecule has 0 saturated carbocycles. The van der Waals surface area contributed by atoms with Crippen molar-refractivity contribution in [3.05, 3.63) is 62.0 Å². The molecule has 1 aromatic carbocycles. The number of rotatable bonds is 6. The summed E-state index contributed by atoms with van der Waals surface area (Å²) in [6.07, 6.45) is 0.827. The monoisotopic (exact) mass is 310 g/mol. The lowest BCUT2D eigenvalue weighted by molar-refractivity contribution is -0.380. The number of nitro groups is 1. The molecule has 0 radical (unpaired) electrons. The standard InChI is InChI=1S/C14H15ClN2O2S/c1-10(8-11-4-2-3-5-13(11)15)16-9-12-6-7-14(20-12)17(18)19/h2-7,10,16H,8-9H2,1H3. The van der Waals surface area contributed by atoms with Gasteiger partial charge < -0.3 is 5.32 Å². The number of benzene rings is 1. The molecule has 0 amide bonds. The zero-order valence-corrected chi connectivity index (χ0v) is 12.6. The average molecular weight is 311 g/mol. The van der Waals surface area contributed by atoms with Crippen LogP contribution in [0.15, 0.2) is 36.4 Å². The van der Waals surface area contributed by atoms with Gasteiger partial charge in [-0.3, -0.25) is 10.1 Å². The van der Waals surface area contributed by atoms with Gasteiger partial charge in [0.25, 0.3) is 0 Å². The maximum atomic E-state index is 10.6. The molecule has 1 N–H and O–H groups in total. The molecule has 106 valence electrons. The van der Waals surface area contributed by atoms with Gasteiger partial charge in [-0.05, 0) is 31.0 Å². The van der Waals surface area contributed by atoms with E-state index in [1.807, 2.05) is 24.3 Å². The summed E-state index contributed by atoms with van der Waals surface area (Å²) in [5, 5.41) is 14.9. The van der Waals surface area contributed by atoms with Gasteiger partial charge in [0.15, 0.2) is 0 Å². The summed E-state index contributed by atoms with van der Waals surface area (Å²) in [5.41, 5.74) is 1.10. The molecule has 0 bridgehead atoms. The smallest absolute Gasteiger partial charge is 0.309 e. The Hall–Kier alpha value is -1.43. The minimum atomic E-state index is -0.360. The molecule has 0 fully saturated rings. The normalized spacial score (nSPS) is 12.3. The van der Waals surface area contributed by atoms with E-state index < -0.39 is 0 Å². The van der Waals surface area contributed by atoms with Crippen molar-refractivity contribution in [2.24, 2.45) is 0 Å². The zero-order chi connectivity index (χ0) is 14.5. The highest BCUT2D eigenvalue weighted by molar-refractivity contribution is 7.15. The lowest BCUT2D eigenvalue weighted by atomic mass is 10.1. The number of nitrogens with one attached hydrogen (secondary N) is 1. The van der Waals surface area contributed by atoms with Crippen LogP contribution in [0.4, 0.5) is 5.00 Å². The molecule has 4 nitrogen and oxygen atoms in total. The molecule has 0 aliphatic heterocycles. The van der Waals surface area contributed by atoms with E-state index in [0.29, 0.717) is 6.54 Å². The highest BCUT2D eigenvalue weighted by atomic mass is 35.5. The van der Waals surface area contributed by atoms with Gasteiger partial charge in [0.2, 0.25) is 0 Å². The first-order valence-corrected chi connectivity index (χ1v) is 7.45. The van der Waals surface area contributed by atoms with Crippen LogP contribution in [-0.4, -0.2) is 11.0 Å². The minimum Gasteiger partial charge on any atom is -0.309 e. The maximum absolute atomic E-state index is 10.6. The van der Waals surface area contributed by atoms with Crippen LogP contribution >= 0.6 is 22.9 Å². The molecule has 1 aromatic heterocycles. The van der Waals surface area contributed by atoms with Crippen molar-refractivity contribution in [2.45, 2.75) is 25.9 Å². The third kappa shape index (κ3) is 4.03. The Labute approximate surface area is 126 Å². The second-order valence-electron chi connectivity index (χ2n) is 4.57. The molecule has 2 aromatic rings. The van der Waals surface area contributed by atoms with Gasteiger partial charge in [-0.25, -0.2) is 0 Å². The van der Waals surface area contributed by atoms with Crippen LogP contribution < -0.4 is 5.32 Å². The van der Waals surface area contributed by atoms with Crippen molar-refractivity contribution >= 4 is 27.9 Å². The van der Waals surface area contributed by atoms with E-state index in [0.717, 1.165) is 21.9 Å². The van der Waals surface area contributed by atoms with Crippen molar-refractivity contribution in [1.29, 1.82) is 0 Å². The van der Waals surface area contributed by atoms with Crippen molar-refractivity contribution in [1.82, 2.24) is 5.32 Å². The van der Waals surface area contributed by atoms with Crippen LogP contribution in [0.3, 0.4) is 0 Å². The molecule has 20 heavy (non-hydrogen) atoms. The second kappa shape index (κ2) is 6.83. The summed E-state index contributed by atoms with van der Waals surface area (Å²) >= 11 is 7.33. The van der Waals surface area contributed by atoms with Crippen molar-refractivity contribution in [2.75, 3.05) is 0 Å². The van der Waals surface area contributed by atoms with E-state index >= 15 is 0 Å². The molecular weight excluding hydrogens is 296 g/mol. The predicted molar refractivity (Wildman–Crippen MR) is 82.4 cm³/mol. The fourth-order valence-electron chi connectivity index (χ4n) is 1.90. The van der Waals surface area contributed by atoms with Gasteiger partial charge in [-0.15, -0.1) is 0 Å². The number of hydrogen-bond donors (Lipinski definition) is 1. The van der Waals surface area contributed by atoms with Gasteiger partial charge in [0, 0.05) is 28.6 Å². The van der Waals surface area contributed by atoms with Crippen LogP contribution in [0.25, 0.3) is 0 Å². The van der Waals surface area contributed by atoms with Crippen molar-refractivity contribution < 1.29 is 4.92 Å². The molecule has 2 rings (SSSR count). The third-order valence-electron chi connectivity index (χ3n) is 2.94. The van der Waals surface area contributed by atoms with E-state index in [-0.39, 0.29) is 16.0 Å². The first-order chi connectivity index (χ1) is 9.56. The largest absolute Gasteiger partial charge is 0.324 e. The summed E-state index contributed by atoms with van der Waals surface area (Å²) in [4.78, 5) is 11.2. The molecule has 0 saturated heterocycles. The Morgan fingerprint density at radius 2 is 2.10 bits per heavy atom. The van der Waals surface area contributed by atoms with Crippen molar-refractivity contribution in [3.8, 4) is 0 Å². The topological polar surface area (TPSA) is 55.2 Å². The molecule has 0 aliphatic rings. The first-order valence-electron chi connectivity index (χ1n) is 6.26. The fraction of sp³-hybridized carbons (Fsp3) is 0.286. The predicted octanol–water partition coefficient (Wildman–Crippen LogP) is 4.03. The van der Waals surface area contributed by atoms with E-state index in [2.05, 4.69) is 12.2 Å². The number of thiophene rings is 1. The number of halogens is 1. The van der Waals surface area contributed by atoms with E-state index in [1.165, 1.54) is 11.3 Å². The molecule has 0 spiro atoms. The number of nitrogens with zero attached hydrogens (tertiary/aromatic N) is 1. The van der Waals surface area contributed by atoms with Crippen LogP contribution in [-0.2, 0) is 13.0 Å².